The Morgan fingerprint density at radius 1 is 1.24 bits per heavy atom. The van der Waals surface area contributed by atoms with Gasteiger partial charge in [0.2, 0.25) is 5.91 Å². The predicted octanol–water partition coefficient (Wildman–Crippen LogP) is 2.52. The highest BCUT2D eigenvalue weighted by Gasteiger charge is 2.27. The first-order chi connectivity index (χ1) is 10.1. The number of anilines is 1. The zero-order valence-electron chi connectivity index (χ0n) is 12.3. The number of fused-ring (bicyclic) bond motifs is 1. The van der Waals surface area contributed by atoms with Crippen molar-refractivity contribution in [3.05, 3.63) is 58.8 Å². The van der Waals surface area contributed by atoms with Gasteiger partial charge in [-0.05, 0) is 42.7 Å². The van der Waals surface area contributed by atoms with E-state index >= 15 is 0 Å². The molecule has 1 atom stereocenters. The zero-order valence-corrected chi connectivity index (χ0v) is 12.3. The summed E-state index contributed by atoms with van der Waals surface area (Å²) in [5.74, 6) is 0.439. The van der Waals surface area contributed by atoms with Crippen LogP contribution in [0.5, 0.6) is 0 Å². The first kappa shape index (κ1) is 13.8. The largest absolute Gasteiger partial charge is 0.312 e. The van der Waals surface area contributed by atoms with Gasteiger partial charge in [-0.1, -0.05) is 24.3 Å². The zero-order chi connectivity index (χ0) is 14.8. The molecule has 0 aliphatic carbocycles. The fourth-order valence-corrected chi connectivity index (χ4v) is 2.90. The monoisotopic (exact) mass is 281 g/mol. The molecule has 1 aromatic carbocycles. The smallest absolute Gasteiger partial charge is 0.234 e. The van der Waals surface area contributed by atoms with E-state index < -0.39 is 0 Å². The highest BCUT2D eigenvalue weighted by atomic mass is 16.2. The molecule has 0 fully saturated rings. The Hall–Kier alpha value is -2.20. The van der Waals surface area contributed by atoms with Crippen LogP contribution in [0.1, 0.15) is 28.3 Å². The molecule has 1 aromatic heterocycles. The summed E-state index contributed by atoms with van der Waals surface area (Å²) < 4.78 is 0. The number of nitrogens with one attached hydrogen (secondary N) is 2. The van der Waals surface area contributed by atoms with E-state index in [-0.39, 0.29) is 11.8 Å². The van der Waals surface area contributed by atoms with E-state index in [1.54, 1.807) is 0 Å². The number of benzene rings is 1. The second-order valence-electron chi connectivity index (χ2n) is 5.48. The van der Waals surface area contributed by atoms with Gasteiger partial charge in [0.1, 0.15) is 5.82 Å². The van der Waals surface area contributed by atoms with E-state index in [1.165, 1.54) is 11.1 Å². The second kappa shape index (κ2) is 5.66. The molecular formula is C17H19N3O. The number of hydrogen-bond acceptors (Lipinski definition) is 3. The summed E-state index contributed by atoms with van der Waals surface area (Å²) >= 11 is 0. The average Bonchev–Trinajstić information content (AvgIpc) is 2.47. The van der Waals surface area contributed by atoms with E-state index in [0.717, 1.165) is 17.8 Å². The van der Waals surface area contributed by atoms with Gasteiger partial charge in [0.15, 0.2) is 0 Å². The van der Waals surface area contributed by atoms with Crippen LogP contribution in [0, 0.1) is 13.8 Å². The third-order valence-corrected chi connectivity index (χ3v) is 3.88. The standard InChI is InChI=1S/C17H19N3O/c1-11-5-3-7-13-9-18-10-14(16(11)13)17(21)20-15-8-4-6-12(2)19-15/h3-8,14,18H,9-10H2,1-2H3,(H,19,20,21). The van der Waals surface area contributed by atoms with Crippen molar-refractivity contribution in [3.63, 3.8) is 0 Å². The Bertz CT molecular complexity index is 681. The Morgan fingerprint density at radius 3 is 2.86 bits per heavy atom. The lowest BCUT2D eigenvalue weighted by atomic mass is 9.87. The molecular weight excluding hydrogens is 262 g/mol. The predicted molar refractivity (Wildman–Crippen MR) is 83.2 cm³/mol. The fraction of sp³-hybridized carbons (Fsp3) is 0.294. The van der Waals surface area contributed by atoms with Gasteiger partial charge < -0.3 is 10.6 Å². The normalized spacial score (nSPS) is 17.1. The van der Waals surface area contributed by atoms with Crippen LogP contribution in [0.4, 0.5) is 5.82 Å². The number of pyridine rings is 1. The summed E-state index contributed by atoms with van der Waals surface area (Å²) in [4.78, 5) is 16.9. The highest BCUT2D eigenvalue weighted by Crippen LogP contribution is 2.28. The van der Waals surface area contributed by atoms with Crippen molar-refractivity contribution in [3.8, 4) is 0 Å². The van der Waals surface area contributed by atoms with Crippen molar-refractivity contribution in [1.29, 1.82) is 0 Å². The molecule has 21 heavy (non-hydrogen) atoms. The lowest BCUT2D eigenvalue weighted by Crippen LogP contribution is -2.36. The number of aromatic nitrogens is 1. The quantitative estimate of drug-likeness (QED) is 0.889. The molecule has 1 aliphatic heterocycles. The number of aryl methyl sites for hydroxylation is 2. The molecule has 108 valence electrons. The molecule has 0 radical (unpaired) electrons. The molecule has 2 heterocycles. The van der Waals surface area contributed by atoms with Crippen molar-refractivity contribution < 1.29 is 4.79 Å². The summed E-state index contributed by atoms with van der Waals surface area (Å²) in [6, 6.07) is 11.8. The van der Waals surface area contributed by atoms with Crippen LogP contribution in [-0.2, 0) is 11.3 Å². The maximum absolute atomic E-state index is 12.6. The van der Waals surface area contributed by atoms with E-state index in [4.69, 9.17) is 0 Å². The molecule has 0 saturated heterocycles. The van der Waals surface area contributed by atoms with Crippen LogP contribution in [0.15, 0.2) is 36.4 Å². The van der Waals surface area contributed by atoms with Crippen LogP contribution < -0.4 is 10.6 Å². The van der Waals surface area contributed by atoms with Crippen molar-refractivity contribution in [1.82, 2.24) is 10.3 Å². The Labute approximate surface area is 124 Å². The van der Waals surface area contributed by atoms with Crippen LogP contribution in [0.2, 0.25) is 0 Å². The van der Waals surface area contributed by atoms with E-state index in [2.05, 4.69) is 34.7 Å². The number of carbonyl (C=O) groups excluding carboxylic acids is 1. The van der Waals surface area contributed by atoms with Gasteiger partial charge in [-0.15, -0.1) is 0 Å². The summed E-state index contributed by atoms with van der Waals surface area (Å²) in [5.41, 5.74) is 4.43. The molecule has 4 nitrogen and oxygen atoms in total. The molecule has 0 bridgehead atoms. The van der Waals surface area contributed by atoms with Gasteiger partial charge in [-0.2, -0.15) is 0 Å². The number of rotatable bonds is 2. The molecule has 1 unspecified atom stereocenters. The van der Waals surface area contributed by atoms with Crippen LogP contribution in [0.3, 0.4) is 0 Å². The molecule has 1 amide bonds. The Morgan fingerprint density at radius 2 is 2.05 bits per heavy atom. The van der Waals surface area contributed by atoms with Gasteiger partial charge in [0.05, 0.1) is 5.92 Å². The minimum atomic E-state index is -0.169. The second-order valence-corrected chi connectivity index (χ2v) is 5.48. The van der Waals surface area contributed by atoms with Gasteiger partial charge in [0.25, 0.3) is 0 Å². The summed E-state index contributed by atoms with van der Waals surface area (Å²) in [5, 5.41) is 6.25. The third-order valence-electron chi connectivity index (χ3n) is 3.88. The fourth-order valence-electron chi connectivity index (χ4n) is 2.90. The van der Waals surface area contributed by atoms with Crippen molar-refractivity contribution in [2.75, 3.05) is 11.9 Å². The van der Waals surface area contributed by atoms with Crippen molar-refractivity contribution in [2.24, 2.45) is 0 Å². The van der Waals surface area contributed by atoms with E-state index in [1.807, 2.05) is 31.2 Å². The molecule has 1 aliphatic rings. The van der Waals surface area contributed by atoms with Crippen LogP contribution in [-0.4, -0.2) is 17.4 Å². The molecule has 3 rings (SSSR count). The molecule has 0 saturated carbocycles. The molecule has 2 N–H and O–H groups in total. The minimum absolute atomic E-state index is 0.00384. The first-order valence-electron chi connectivity index (χ1n) is 7.19. The topological polar surface area (TPSA) is 54.0 Å². The molecule has 4 heteroatoms. The van der Waals surface area contributed by atoms with Crippen LogP contribution in [0.25, 0.3) is 0 Å². The number of amides is 1. The molecule has 2 aromatic rings. The van der Waals surface area contributed by atoms with Gasteiger partial charge in [-0.25, -0.2) is 4.98 Å². The highest BCUT2D eigenvalue weighted by molar-refractivity contribution is 5.96. The summed E-state index contributed by atoms with van der Waals surface area (Å²) in [6.07, 6.45) is 0. The van der Waals surface area contributed by atoms with E-state index in [0.29, 0.717) is 12.4 Å². The van der Waals surface area contributed by atoms with Gasteiger partial charge >= 0.3 is 0 Å². The van der Waals surface area contributed by atoms with Crippen molar-refractivity contribution in [2.45, 2.75) is 26.3 Å². The van der Waals surface area contributed by atoms with Crippen molar-refractivity contribution >= 4 is 11.7 Å². The van der Waals surface area contributed by atoms with Gasteiger partial charge in [0, 0.05) is 18.8 Å². The summed E-state index contributed by atoms with van der Waals surface area (Å²) in [7, 11) is 0. The number of nitrogens with zero attached hydrogens (tertiary/aromatic N) is 1. The average molecular weight is 281 g/mol. The lowest BCUT2D eigenvalue weighted by Gasteiger charge is -2.27. The Kier molecular flexibility index (Phi) is 3.71. The van der Waals surface area contributed by atoms with E-state index in [9.17, 15) is 4.79 Å². The molecule has 0 spiro atoms. The minimum Gasteiger partial charge on any atom is -0.312 e. The summed E-state index contributed by atoms with van der Waals surface area (Å²) in [6.45, 7) is 5.46. The van der Waals surface area contributed by atoms with Gasteiger partial charge in [-0.3, -0.25) is 4.79 Å². The number of carbonyl (C=O) groups is 1. The maximum Gasteiger partial charge on any atom is 0.234 e. The SMILES string of the molecule is Cc1cccc(NC(=O)C2CNCc3cccc(C)c32)n1. The lowest BCUT2D eigenvalue weighted by molar-refractivity contribution is -0.117. The third kappa shape index (κ3) is 2.81. The van der Waals surface area contributed by atoms with Crippen LogP contribution >= 0.6 is 0 Å². The first-order valence-corrected chi connectivity index (χ1v) is 7.19. The number of hydrogen-bond donors (Lipinski definition) is 2. The Balaban J connectivity index is 1.87. The maximum atomic E-state index is 12.6.